The Labute approximate surface area is 108 Å². The van der Waals surface area contributed by atoms with Crippen molar-refractivity contribution in [2.75, 3.05) is 0 Å². The number of aliphatic carboxylic acids is 1. The zero-order valence-electron chi connectivity index (χ0n) is 10.9. The molecule has 0 aromatic carbocycles. The Hall–Kier alpha value is -1.06. The molecule has 0 saturated heterocycles. The number of carboxylic acids is 1. The van der Waals surface area contributed by atoms with Gasteiger partial charge >= 0.3 is 5.97 Å². The Morgan fingerprint density at radius 3 is 2.11 bits per heavy atom. The van der Waals surface area contributed by atoms with Crippen LogP contribution in [0.25, 0.3) is 0 Å². The van der Waals surface area contributed by atoms with Gasteiger partial charge < -0.3 is 10.4 Å². The normalized spacial score (nSPS) is 29.8. The molecule has 2 saturated carbocycles. The van der Waals surface area contributed by atoms with Gasteiger partial charge in [-0.05, 0) is 25.7 Å². The van der Waals surface area contributed by atoms with Crippen LogP contribution in [0, 0.1) is 11.8 Å². The number of rotatable bonds is 3. The summed E-state index contributed by atoms with van der Waals surface area (Å²) in [5.41, 5.74) is 0. The summed E-state index contributed by atoms with van der Waals surface area (Å²) < 4.78 is 0. The maximum Gasteiger partial charge on any atom is 0.308 e. The first kappa shape index (κ1) is 13.4. The van der Waals surface area contributed by atoms with Gasteiger partial charge in [0.15, 0.2) is 0 Å². The van der Waals surface area contributed by atoms with Crippen molar-refractivity contribution in [3.63, 3.8) is 0 Å². The molecule has 2 aliphatic rings. The third-order valence-corrected chi connectivity index (χ3v) is 4.39. The van der Waals surface area contributed by atoms with Gasteiger partial charge in [0, 0.05) is 12.0 Å². The summed E-state index contributed by atoms with van der Waals surface area (Å²) in [7, 11) is 0. The van der Waals surface area contributed by atoms with E-state index in [9.17, 15) is 14.7 Å². The molecule has 2 atom stereocenters. The van der Waals surface area contributed by atoms with Crippen LogP contribution in [0.2, 0.25) is 0 Å². The van der Waals surface area contributed by atoms with E-state index in [0.29, 0.717) is 6.42 Å². The van der Waals surface area contributed by atoms with Crippen LogP contribution in [0.15, 0.2) is 0 Å². The molecule has 0 spiro atoms. The van der Waals surface area contributed by atoms with Crippen LogP contribution in [0.4, 0.5) is 0 Å². The molecule has 2 unspecified atom stereocenters. The first-order chi connectivity index (χ1) is 8.68. The van der Waals surface area contributed by atoms with Gasteiger partial charge in [-0.1, -0.05) is 32.1 Å². The Kier molecular flexibility index (Phi) is 4.61. The lowest BCUT2D eigenvalue weighted by atomic mass is 9.83. The van der Waals surface area contributed by atoms with Crippen LogP contribution in [-0.2, 0) is 9.59 Å². The SMILES string of the molecule is O=C(NC1CCCCCCC1C(=O)O)C1CCC1. The molecule has 0 heterocycles. The fourth-order valence-corrected chi connectivity index (χ4v) is 2.92. The number of carbonyl (C=O) groups excluding carboxylic acids is 1. The minimum absolute atomic E-state index is 0.0815. The van der Waals surface area contributed by atoms with E-state index in [2.05, 4.69) is 5.32 Å². The lowest BCUT2D eigenvalue weighted by molar-refractivity contribution is -0.144. The van der Waals surface area contributed by atoms with Crippen LogP contribution in [0.3, 0.4) is 0 Å². The first-order valence-electron chi connectivity index (χ1n) is 7.21. The Morgan fingerprint density at radius 2 is 1.56 bits per heavy atom. The predicted molar refractivity (Wildman–Crippen MR) is 68.1 cm³/mol. The molecule has 4 heteroatoms. The summed E-state index contributed by atoms with van der Waals surface area (Å²) in [5, 5.41) is 12.3. The van der Waals surface area contributed by atoms with Crippen molar-refractivity contribution in [2.24, 2.45) is 11.8 Å². The van der Waals surface area contributed by atoms with Gasteiger partial charge in [0.25, 0.3) is 0 Å². The van der Waals surface area contributed by atoms with Crippen molar-refractivity contribution in [3.8, 4) is 0 Å². The molecule has 0 aromatic heterocycles. The summed E-state index contributed by atoms with van der Waals surface area (Å²) in [6, 6.07) is -0.157. The van der Waals surface area contributed by atoms with Gasteiger partial charge in [0.2, 0.25) is 5.91 Å². The second-order valence-electron chi connectivity index (χ2n) is 5.68. The van der Waals surface area contributed by atoms with Gasteiger partial charge in [-0.2, -0.15) is 0 Å². The van der Waals surface area contributed by atoms with Crippen molar-refractivity contribution in [2.45, 2.75) is 63.8 Å². The molecule has 102 valence electrons. The van der Waals surface area contributed by atoms with Crippen LogP contribution in [0.5, 0.6) is 0 Å². The second kappa shape index (κ2) is 6.21. The molecule has 0 aliphatic heterocycles. The Bertz CT molecular complexity index is 312. The van der Waals surface area contributed by atoms with E-state index in [1.54, 1.807) is 0 Å². The molecule has 0 radical (unpaired) electrons. The van der Waals surface area contributed by atoms with Gasteiger partial charge in [0.05, 0.1) is 5.92 Å². The van der Waals surface area contributed by atoms with E-state index in [1.807, 2.05) is 0 Å². The lowest BCUT2D eigenvalue weighted by Crippen LogP contribution is -2.47. The van der Waals surface area contributed by atoms with Crippen LogP contribution >= 0.6 is 0 Å². The first-order valence-corrected chi connectivity index (χ1v) is 7.21. The van der Waals surface area contributed by atoms with Gasteiger partial charge in [-0.3, -0.25) is 9.59 Å². The summed E-state index contributed by atoms with van der Waals surface area (Å²) in [6.45, 7) is 0. The number of amides is 1. The highest BCUT2D eigenvalue weighted by atomic mass is 16.4. The molecular weight excluding hydrogens is 230 g/mol. The zero-order chi connectivity index (χ0) is 13.0. The van der Waals surface area contributed by atoms with E-state index >= 15 is 0 Å². The van der Waals surface area contributed by atoms with Crippen LogP contribution in [0.1, 0.15) is 57.8 Å². The molecule has 2 aliphatic carbocycles. The quantitative estimate of drug-likeness (QED) is 0.811. The highest BCUT2D eigenvalue weighted by Crippen LogP contribution is 2.28. The molecule has 2 N–H and O–H groups in total. The maximum atomic E-state index is 12.0. The molecule has 2 fully saturated rings. The van der Waals surface area contributed by atoms with E-state index < -0.39 is 11.9 Å². The van der Waals surface area contributed by atoms with E-state index in [-0.39, 0.29) is 17.9 Å². The standard InChI is InChI=1S/C14H23NO3/c16-13(10-6-5-7-10)15-12-9-4-2-1-3-8-11(12)14(17)18/h10-12H,1-9H2,(H,15,16)(H,17,18). The summed E-state index contributed by atoms with van der Waals surface area (Å²) >= 11 is 0. The number of hydrogen-bond donors (Lipinski definition) is 2. The highest BCUT2D eigenvalue weighted by molar-refractivity contribution is 5.80. The monoisotopic (exact) mass is 253 g/mol. The highest BCUT2D eigenvalue weighted by Gasteiger charge is 2.33. The Balaban J connectivity index is 1.94. The van der Waals surface area contributed by atoms with E-state index in [1.165, 1.54) is 0 Å². The van der Waals surface area contributed by atoms with Crippen molar-refractivity contribution in [1.82, 2.24) is 5.32 Å². The van der Waals surface area contributed by atoms with Crippen molar-refractivity contribution in [3.05, 3.63) is 0 Å². The fourth-order valence-electron chi connectivity index (χ4n) is 2.92. The van der Waals surface area contributed by atoms with E-state index in [4.69, 9.17) is 0 Å². The number of carbonyl (C=O) groups is 2. The maximum absolute atomic E-state index is 12.0. The van der Waals surface area contributed by atoms with Gasteiger partial charge in [-0.15, -0.1) is 0 Å². The topological polar surface area (TPSA) is 66.4 Å². The zero-order valence-corrected chi connectivity index (χ0v) is 10.9. The fraction of sp³-hybridized carbons (Fsp3) is 0.857. The lowest BCUT2D eigenvalue weighted by Gasteiger charge is -2.31. The van der Waals surface area contributed by atoms with Gasteiger partial charge in [0.1, 0.15) is 0 Å². The molecule has 0 aromatic rings. The van der Waals surface area contributed by atoms with Gasteiger partial charge in [-0.25, -0.2) is 0 Å². The largest absolute Gasteiger partial charge is 0.481 e. The summed E-state index contributed by atoms with van der Waals surface area (Å²) in [4.78, 5) is 23.3. The summed E-state index contributed by atoms with van der Waals surface area (Å²) in [6.07, 6.45) is 8.85. The predicted octanol–water partition coefficient (Wildman–Crippen LogP) is 2.33. The molecular formula is C14H23NO3. The van der Waals surface area contributed by atoms with Crippen LogP contribution < -0.4 is 5.32 Å². The second-order valence-corrected chi connectivity index (χ2v) is 5.68. The van der Waals surface area contributed by atoms with Crippen molar-refractivity contribution < 1.29 is 14.7 Å². The molecule has 18 heavy (non-hydrogen) atoms. The molecule has 0 bridgehead atoms. The average molecular weight is 253 g/mol. The minimum atomic E-state index is -0.754. The van der Waals surface area contributed by atoms with Crippen molar-refractivity contribution >= 4 is 11.9 Å². The third kappa shape index (κ3) is 3.24. The summed E-state index contributed by atoms with van der Waals surface area (Å²) in [5.74, 6) is -0.923. The van der Waals surface area contributed by atoms with Crippen molar-refractivity contribution in [1.29, 1.82) is 0 Å². The van der Waals surface area contributed by atoms with Crippen LogP contribution in [-0.4, -0.2) is 23.0 Å². The molecule has 4 nitrogen and oxygen atoms in total. The third-order valence-electron chi connectivity index (χ3n) is 4.39. The molecule has 1 amide bonds. The number of nitrogens with one attached hydrogen (secondary N) is 1. The number of carboxylic acid groups (broad SMARTS) is 1. The Morgan fingerprint density at radius 1 is 0.889 bits per heavy atom. The number of hydrogen-bond acceptors (Lipinski definition) is 2. The average Bonchev–Trinajstić information content (AvgIpc) is 2.18. The van der Waals surface area contributed by atoms with E-state index in [0.717, 1.165) is 51.4 Å². The molecule has 2 rings (SSSR count). The smallest absolute Gasteiger partial charge is 0.308 e. The minimum Gasteiger partial charge on any atom is -0.481 e.